The maximum Gasteiger partial charge on any atom is 0.155 e. The summed E-state index contributed by atoms with van der Waals surface area (Å²) in [6.07, 6.45) is 1.76. The molecular formula is C13H23N3O3. The molecule has 1 rings (SSSR count). The molecular weight excluding hydrogens is 246 g/mol. The zero-order valence-corrected chi connectivity index (χ0v) is 12.2. The number of hydrogen-bond donors (Lipinski definition) is 0. The lowest BCUT2D eigenvalue weighted by molar-refractivity contribution is 0.112. The second kappa shape index (κ2) is 7.91. The summed E-state index contributed by atoms with van der Waals surface area (Å²) in [5.41, 5.74) is 1.40. The monoisotopic (exact) mass is 269 g/mol. The van der Waals surface area contributed by atoms with Gasteiger partial charge in [0.1, 0.15) is 5.82 Å². The van der Waals surface area contributed by atoms with E-state index in [1.165, 1.54) is 0 Å². The molecule has 0 aromatic carbocycles. The quantitative estimate of drug-likeness (QED) is 0.495. The van der Waals surface area contributed by atoms with E-state index in [4.69, 9.17) is 9.47 Å². The Hall–Kier alpha value is -1.40. The number of ether oxygens (including phenoxy) is 2. The zero-order chi connectivity index (χ0) is 14.3. The van der Waals surface area contributed by atoms with E-state index in [0.29, 0.717) is 18.8 Å². The number of methoxy groups -OCH3 is 2. The van der Waals surface area contributed by atoms with E-state index in [9.17, 15) is 4.79 Å². The van der Waals surface area contributed by atoms with E-state index < -0.39 is 0 Å². The van der Waals surface area contributed by atoms with Gasteiger partial charge in [-0.05, 0) is 13.3 Å². The molecule has 0 radical (unpaired) electrons. The van der Waals surface area contributed by atoms with Crippen molar-refractivity contribution in [2.45, 2.75) is 13.3 Å². The average molecular weight is 269 g/mol. The fourth-order valence-electron chi connectivity index (χ4n) is 2.10. The zero-order valence-electron chi connectivity index (χ0n) is 12.2. The smallest absolute Gasteiger partial charge is 0.155 e. The van der Waals surface area contributed by atoms with E-state index in [0.717, 1.165) is 37.3 Å². The van der Waals surface area contributed by atoms with Gasteiger partial charge in [-0.25, -0.2) is 0 Å². The molecule has 19 heavy (non-hydrogen) atoms. The summed E-state index contributed by atoms with van der Waals surface area (Å²) < 4.78 is 12.0. The Labute approximate surface area is 114 Å². The van der Waals surface area contributed by atoms with Gasteiger partial charge in [0.05, 0.1) is 17.9 Å². The van der Waals surface area contributed by atoms with Crippen LogP contribution in [0.3, 0.4) is 0 Å². The second-order valence-corrected chi connectivity index (χ2v) is 4.39. The van der Waals surface area contributed by atoms with Crippen LogP contribution in [0, 0.1) is 6.92 Å². The molecule has 1 aromatic heterocycles. The molecule has 0 spiro atoms. The van der Waals surface area contributed by atoms with Gasteiger partial charge in [0.25, 0.3) is 0 Å². The Kier molecular flexibility index (Phi) is 6.52. The number of aryl methyl sites for hydroxylation is 2. The minimum atomic E-state index is 0.607. The summed E-state index contributed by atoms with van der Waals surface area (Å²) >= 11 is 0. The van der Waals surface area contributed by atoms with Gasteiger partial charge in [-0.2, -0.15) is 5.10 Å². The second-order valence-electron chi connectivity index (χ2n) is 4.39. The Morgan fingerprint density at radius 1 is 1.26 bits per heavy atom. The molecule has 0 aliphatic heterocycles. The third-order valence-electron chi connectivity index (χ3n) is 3.00. The van der Waals surface area contributed by atoms with Crippen molar-refractivity contribution in [1.82, 2.24) is 9.78 Å². The molecule has 0 saturated heterocycles. The number of carbonyl (C=O) groups is 1. The first-order valence-electron chi connectivity index (χ1n) is 6.37. The van der Waals surface area contributed by atoms with Crippen LogP contribution >= 0.6 is 0 Å². The highest BCUT2D eigenvalue weighted by Gasteiger charge is 2.18. The lowest BCUT2D eigenvalue weighted by Crippen LogP contribution is -2.31. The molecule has 6 nitrogen and oxygen atoms in total. The molecule has 1 heterocycles. The highest BCUT2D eigenvalue weighted by atomic mass is 16.5. The first-order valence-corrected chi connectivity index (χ1v) is 6.37. The molecule has 0 aliphatic rings. The van der Waals surface area contributed by atoms with Gasteiger partial charge in [-0.15, -0.1) is 0 Å². The number of anilines is 1. The van der Waals surface area contributed by atoms with Crippen molar-refractivity contribution < 1.29 is 14.3 Å². The number of hydrogen-bond acceptors (Lipinski definition) is 5. The van der Waals surface area contributed by atoms with Crippen LogP contribution in [-0.2, 0) is 16.5 Å². The van der Waals surface area contributed by atoms with Crippen LogP contribution in [-0.4, -0.2) is 56.6 Å². The van der Waals surface area contributed by atoms with Crippen molar-refractivity contribution in [3.63, 3.8) is 0 Å². The average Bonchev–Trinajstić information content (AvgIpc) is 2.68. The predicted molar refractivity (Wildman–Crippen MR) is 73.9 cm³/mol. The number of aromatic nitrogens is 2. The van der Waals surface area contributed by atoms with Gasteiger partial charge >= 0.3 is 0 Å². The van der Waals surface area contributed by atoms with Crippen LogP contribution < -0.4 is 4.90 Å². The third-order valence-corrected chi connectivity index (χ3v) is 3.00. The fraction of sp³-hybridized carbons (Fsp3) is 0.692. The molecule has 108 valence electrons. The Morgan fingerprint density at radius 2 is 1.95 bits per heavy atom. The number of rotatable bonds is 9. The molecule has 0 fully saturated rings. The van der Waals surface area contributed by atoms with Gasteiger partial charge in [0.15, 0.2) is 6.29 Å². The normalized spacial score (nSPS) is 10.7. The lowest BCUT2D eigenvalue weighted by Gasteiger charge is -2.24. The van der Waals surface area contributed by atoms with E-state index in [1.807, 2.05) is 14.0 Å². The van der Waals surface area contributed by atoms with Gasteiger partial charge in [-0.1, -0.05) is 0 Å². The topological polar surface area (TPSA) is 56.6 Å². The SMILES string of the molecule is COCCCN(CCOC)c1c(C=O)c(C)nn1C. The molecule has 0 aliphatic carbocycles. The number of aldehydes is 1. The van der Waals surface area contributed by atoms with Crippen LogP contribution in [0.5, 0.6) is 0 Å². The molecule has 0 bridgehead atoms. The molecule has 0 unspecified atom stereocenters. The van der Waals surface area contributed by atoms with Crippen LogP contribution in [0.15, 0.2) is 0 Å². The molecule has 6 heteroatoms. The summed E-state index contributed by atoms with van der Waals surface area (Å²) in [6.45, 7) is 4.67. The minimum absolute atomic E-state index is 0.607. The molecule has 0 saturated carbocycles. The molecule has 0 N–H and O–H groups in total. The maximum atomic E-state index is 11.2. The van der Waals surface area contributed by atoms with Crippen LogP contribution in [0.2, 0.25) is 0 Å². The highest BCUT2D eigenvalue weighted by molar-refractivity contribution is 5.84. The van der Waals surface area contributed by atoms with Crippen molar-refractivity contribution in [2.24, 2.45) is 7.05 Å². The summed E-state index contributed by atoms with van der Waals surface area (Å²) in [7, 11) is 5.21. The predicted octanol–water partition coefficient (Wildman–Crippen LogP) is 1.03. The van der Waals surface area contributed by atoms with Gasteiger partial charge in [-0.3, -0.25) is 9.48 Å². The summed E-state index contributed by atoms with van der Waals surface area (Å²) in [4.78, 5) is 13.4. The minimum Gasteiger partial charge on any atom is -0.385 e. The summed E-state index contributed by atoms with van der Waals surface area (Å²) in [5, 5.41) is 4.31. The Morgan fingerprint density at radius 3 is 2.53 bits per heavy atom. The summed E-state index contributed by atoms with van der Waals surface area (Å²) in [6, 6.07) is 0. The van der Waals surface area contributed by atoms with Crippen LogP contribution in [0.4, 0.5) is 5.82 Å². The molecule has 0 atom stereocenters. The van der Waals surface area contributed by atoms with E-state index in [2.05, 4.69) is 10.00 Å². The molecule has 1 aromatic rings. The van der Waals surface area contributed by atoms with E-state index in [1.54, 1.807) is 18.9 Å². The van der Waals surface area contributed by atoms with Crippen molar-refractivity contribution in [1.29, 1.82) is 0 Å². The third kappa shape index (κ3) is 4.04. The fourth-order valence-corrected chi connectivity index (χ4v) is 2.10. The molecule has 0 amide bonds. The summed E-state index contributed by atoms with van der Waals surface area (Å²) in [5.74, 6) is 0.848. The number of nitrogens with zero attached hydrogens (tertiary/aromatic N) is 3. The maximum absolute atomic E-state index is 11.2. The van der Waals surface area contributed by atoms with Crippen molar-refractivity contribution in [3.8, 4) is 0 Å². The van der Waals surface area contributed by atoms with Crippen molar-refractivity contribution in [2.75, 3.05) is 45.4 Å². The highest BCUT2D eigenvalue weighted by Crippen LogP contribution is 2.21. The first-order chi connectivity index (χ1) is 9.15. The van der Waals surface area contributed by atoms with Gasteiger partial charge in [0, 0.05) is 41.0 Å². The van der Waals surface area contributed by atoms with Crippen molar-refractivity contribution >= 4 is 12.1 Å². The Bertz CT molecular complexity index is 404. The Balaban J connectivity index is 2.91. The van der Waals surface area contributed by atoms with Crippen molar-refractivity contribution in [3.05, 3.63) is 11.3 Å². The largest absolute Gasteiger partial charge is 0.385 e. The van der Waals surface area contributed by atoms with E-state index >= 15 is 0 Å². The first kappa shape index (κ1) is 15.7. The van der Waals surface area contributed by atoms with E-state index in [-0.39, 0.29) is 0 Å². The van der Waals surface area contributed by atoms with Crippen LogP contribution in [0.25, 0.3) is 0 Å². The number of carbonyl (C=O) groups excluding carboxylic acids is 1. The lowest BCUT2D eigenvalue weighted by atomic mass is 10.2. The van der Waals surface area contributed by atoms with Gasteiger partial charge in [0.2, 0.25) is 0 Å². The standard InChI is InChI=1S/C13H23N3O3/c1-11-12(10-17)13(15(2)14-11)16(7-9-19-4)6-5-8-18-3/h10H,5-9H2,1-4H3. The van der Waals surface area contributed by atoms with Gasteiger partial charge < -0.3 is 14.4 Å². The van der Waals surface area contributed by atoms with Crippen LogP contribution in [0.1, 0.15) is 22.5 Å².